The molecule has 3 rings (SSSR count). The highest BCUT2D eigenvalue weighted by molar-refractivity contribution is 5.81. The van der Waals surface area contributed by atoms with Crippen molar-refractivity contribution in [2.45, 2.75) is 38.1 Å². The number of aryl methyl sites for hydroxylation is 2. The van der Waals surface area contributed by atoms with E-state index in [1.807, 2.05) is 0 Å². The molecular weight excluding hydrogens is 238 g/mol. The standard InChI is InChI=1S/C16H21NO2/c18-16(10-15-11-19-7-6-17-15)9-12-4-5-13-2-1-3-14(13)8-12/h4-5,8,15,17H,1-3,6-7,9-11H2. The fourth-order valence-corrected chi connectivity index (χ4v) is 3.06. The average Bonchev–Trinajstić information content (AvgIpc) is 2.87. The summed E-state index contributed by atoms with van der Waals surface area (Å²) >= 11 is 0. The van der Waals surface area contributed by atoms with Crippen molar-refractivity contribution in [2.24, 2.45) is 0 Å². The van der Waals surface area contributed by atoms with Crippen molar-refractivity contribution < 1.29 is 9.53 Å². The van der Waals surface area contributed by atoms with Crippen molar-refractivity contribution in [3.63, 3.8) is 0 Å². The van der Waals surface area contributed by atoms with Gasteiger partial charge in [0.15, 0.2) is 0 Å². The molecule has 1 aromatic rings. The molecule has 0 aromatic heterocycles. The van der Waals surface area contributed by atoms with Gasteiger partial charge in [0.05, 0.1) is 13.2 Å². The summed E-state index contributed by atoms with van der Waals surface area (Å²) < 4.78 is 5.38. The minimum absolute atomic E-state index is 0.204. The number of Topliss-reactive ketones (excluding diaryl/α,β-unsaturated/α-hetero) is 1. The molecule has 3 heteroatoms. The molecule has 19 heavy (non-hydrogen) atoms. The highest BCUT2D eigenvalue weighted by Crippen LogP contribution is 2.23. The van der Waals surface area contributed by atoms with Crippen molar-refractivity contribution in [3.8, 4) is 0 Å². The monoisotopic (exact) mass is 259 g/mol. The molecule has 0 spiro atoms. The zero-order valence-corrected chi connectivity index (χ0v) is 11.3. The average molecular weight is 259 g/mol. The normalized spacial score (nSPS) is 22.2. The van der Waals surface area contributed by atoms with E-state index in [0.717, 1.165) is 13.2 Å². The number of hydrogen-bond donors (Lipinski definition) is 1. The molecule has 1 saturated heterocycles. The molecule has 1 heterocycles. The van der Waals surface area contributed by atoms with Gasteiger partial charge < -0.3 is 10.1 Å². The van der Waals surface area contributed by atoms with Crippen molar-refractivity contribution in [2.75, 3.05) is 19.8 Å². The molecule has 0 radical (unpaired) electrons. The van der Waals surface area contributed by atoms with Crippen LogP contribution < -0.4 is 5.32 Å². The largest absolute Gasteiger partial charge is 0.379 e. The molecule has 0 amide bonds. The zero-order chi connectivity index (χ0) is 13.1. The zero-order valence-electron chi connectivity index (χ0n) is 11.3. The van der Waals surface area contributed by atoms with Crippen molar-refractivity contribution in [1.29, 1.82) is 0 Å². The summed E-state index contributed by atoms with van der Waals surface area (Å²) in [6.07, 6.45) is 4.78. The van der Waals surface area contributed by atoms with Gasteiger partial charge in [-0.2, -0.15) is 0 Å². The third kappa shape index (κ3) is 3.23. The van der Waals surface area contributed by atoms with Gasteiger partial charge in [-0.1, -0.05) is 18.2 Å². The maximum Gasteiger partial charge on any atom is 0.138 e. The molecule has 1 aliphatic heterocycles. The fraction of sp³-hybridized carbons (Fsp3) is 0.562. The first kappa shape index (κ1) is 12.8. The van der Waals surface area contributed by atoms with Crippen LogP contribution in [0.1, 0.15) is 29.5 Å². The summed E-state index contributed by atoms with van der Waals surface area (Å²) in [5.41, 5.74) is 4.09. The number of morpholine rings is 1. The van der Waals surface area contributed by atoms with Gasteiger partial charge in [-0.15, -0.1) is 0 Å². The third-order valence-electron chi connectivity index (χ3n) is 4.04. The van der Waals surface area contributed by atoms with E-state index in [4.69, 9.17) is 4.74 Å². The number of ketones is 1. The quantitative estimate of drug-likeness (QED) is 0.894. The first-order valence-corrected chi connectivity index (χ1v) is 7.25. The van der Waals surface area contributed by atoms with Gasteiger partial charge in [0, 0.05) is 25.4 Å². The summed E-state index contributed by atoms with van der Waals surface area (Å²) in [5, 5.41) is 3.33. The minimum Gasteiger partial charge on any atom is -0.379 e. The second kappa shape index (κ2) is 5.85. The number of benzene rings is 1. The van der Waals surface area contributed by atoms with Gasteiger partial charge >= 0.3 is 0 Å². The maximum absolute atomic E-state index is 12.1. The number of hydrogen-bond acceptors (Lipinski definition) is 3. The highest BCUT2D eigenvalue weighted by atomic mass is 16.5. The van der Waals surface area contributed by atoms with Gasteiger partial charge in [0.1, 0.15) is 5.78 Å². The molecule has 1 fully saturated rings. The van der Waals surface area contributed by atoms with Crippen LogP contribution in [0.5, 0.6) is 0 Å². The number of ether oxygens (including phenoxy) is 1. The van der Waals surface area contributed by atoms with Crippen molar-refractivity contribution in [3.05, 3.63) is 34.9 Å². The molecule has 1 aliphatic carbocycles. The van der Waals surface area contributed by atoms with Gasteiger partial charge in [0.2, 0.25) is 0 Å². The summed E-state index contributed by atoms with van der Waals surface area (Å²) in [6, 6.07) is 6.75. The first-order chi connectivity index (χ1) is 9.31. The lowest BCUT2D eigenvalue weighted by atomic mass is 10.00. The van der Waals surface area contributed by atoms with Gasteiger partial charge in [-0.3, -0.25) is 4.79 Å². The number of nitrogens with one attached hydrogen (secondary N) is 1. The Morgan fingerprint density at radius 1 is 1.32 bits per heavy atom. The lowest BCUT2D eigenvalue weighted by molar-refractivity contribution is -0.119. The molecule has 1 N–H and O–H groups in total. The van der Waals surface area contributed by atoms with Crippen LogP contribution in [0, 0.1) is 0 Å². The molecular formula is C16H21NO2. The third-order valence-corrected chi connectivity index (χ3v) is 4.04. The van der Waals surface area contributed by atoms with E-state index < -0.39 is 0 Å². The van der Waals surface area contributed by atoms with E-state index in [1.165, 1.54) is 36.0 Å². The summed E-state index contributed by atoms with van der Waals surface area (Å²) in [5.74, 6) is 0.306. The topological polar surface area (TPSA) is 38.3 Å². The Bertz CT molecular complexity index is 464. The first-order valence-electron chi connectivity index (χ1n) is 7.25. The van der Waals surface area contributed by atoms with E-state index in [9.17, 15) is 4.79 Å². The molecule has 102 valence electrons. The van der Waals surface area contributed by atoms with E-state index in [0.29, 0.717) is 25.2 Å². The van der Waals surface area contributed by atoms with E-state index in [2.05, 4.69) is 23.5 Å². The van der Waals surface area contributed by atoms with Gasteiger partial charge in [-0.05, 0) is 36.0 Å². The SMILES string of the molecule is O=C(Cc1ccc2c(c1)CCC2)CC1COCCN1. The highest BCUT2D eigenvalue weighted by Gasteiger charge is 2.18. The van der Waals surface area contributed by atoms with Crippen molar-refractivity contribution >= 4 is 5.78 Å². The Balaban J connectivity index is 1.56. The Hall–Kier alpha value is -1.19. The van der Waals surface area contributed by atoms with Gasteiger partial charge in [-0.25, -0.2) is 0 Å². The summed E-state index contributed by atoms with van der Waals surface area (Å²) in [7, 11) is 0. The molecule has 1 aromatic carbocycles. The van der Waals surface area contributed by atoms with Crippen LogP contribution in [0.4, 0.5) is 0 Å². The number of fused-ring (bicyclic) bond motifs is 1. The van der Waals surface area contributed by atoms with E-state index in [-0.39, 0.29) is 6.04 Å². The number of carbonyl (C=O) groups excluding carboxylic acids is 1. The van der Waals surface area contributed by atoms with Crippen molar-refractivity contribution in [1.82, 2.24) is 5.32 Å². The van der Waals surface area contributed by atoms with Crippen LogP contribution in [0.15, 0.2) is 18.2 Å². The maximum atomic E-state index is 12.1. The lowest BCUT2D eigenvalue weighted by Gasteiger charge is -2.23. The number of carbonyl (C=O) groups is 1. The van der Waals surface area contributed by atoms with Crippen LogP contribution in [0.2, 0.25) is 0 Å². The predicted molar refractivity (Wildman–Crippen MR) is 74.4 cm³/mol. The Kier molecular flexibility index (Phi) is 3.95. The predicted octanol–water partition coefficient (Wildman–Crippen LogP) is 1.67. The summed E-state index contributed by atoms with van der Waals surface area (Å²) in [4.78, 5) is 12.1. The molecule has 1 unspecified atom stereocenters. The fourth-order valence-electron chi connectivity index (χ4n) is 3.06. The number of rotatable bonds is 4. The molecule has 0 bridgehead atoms. The van der Waals surface area contributed by atoms with Crippen LogP contribution in [-0.2, 0) is 28.8 Å². The Morgan fingerprint density at radius 2 is 2.21 bits per heavy atom. The smallest absolute Gasteiger partial charge is 0.138 e. The lowest BCUT2D eigenvalue weighted by Crippen LogP contribution is -2.42. The molecule has 0 saturated carbocycles. The second-order valence-corrected chi connectivity index (χ2v) is 5.60. The van der Waals surface area contributed by atoms with Crippen LogP contribution in [0.3, 0.4) is 0 Å². The molecule has 3 nitrogen and oxygen atoms in total. The Labute approximate surface area is 114 Å². The van der Waals surface area contributed by atoms with Crippen LogP contribution in [-0.4, -0.2) is 31.6 Å². The van der Waals surface area contributed by atoms with Crippen LogP contribution in [0.25, 0.3) is 0 Å². The Morgan fingerprint density at radius 3 is 3.05 bits per heavy atom. The molecule has 2 aliphatic rings. The summed E-state index contributed by atoms with van der Waals surface area (Å²) in [6.45, 7) is 2.28. The van der Waals surface area contributed by atoms with Gasteiger partial charge in [0.25, 0.3) is 0 Å². The van der Waals surface area contributed by atoms with E-state index in [1.54, 1.807) is 0 Å². The molecule has 1 atom stereocenters. The van der Waals surface area contributed by atoms with Crippen LogP contribution >= 0.6 is 0 Å². The second-order valence-electron chi connectivity index (χ2n) is 5.60. The minimum atomic E-state index is 0.204. The van der Waals surface area contributed by atoms with E-state index >= 15 is 0 Å².